The van der Waals surface area contributed by atoms with E-state index in [0.29, 0.717) is 0 Å². The molecule has 0 aliphatic heterocycles. The first-order chi connectivity index (χ1) is 7.56. The maximum atomic E-state index is 12.3. The lowest BCUT2D eigenvalue weighted by molar-refractivity contribution is -0.173. The summed E-state index contributed by atoms with van der Waals surface area (Å²) in [6.45, 7) is 4.41. The Bertz CT molecular complexity index is 249. The molecule has 0 saturated carbocycles. The van der Waals surface area contributed by atoms with Crippen LogP contribution < -0.4 is 11.1 Å². The maximum Gasteiger partial charge on any atom is 0.407 e. The molecule has 0 bridgehead atoms. The molecule has 1 amide bonds. The van der Waals surface area contributed by atoms with Gasteiger partial charge in [-0.1, -0.05) is 0 Å². The molecule has 3 N–H and O–H groups in total. The molecule has 0 radical (unpaired) electrons. The first kappa shape index (κ1) is 16.0. The summed E-state index contributed by atoms with van der Waals surface area (Å²) in [4.78, 5) is 11.1. The molecule has 4 nitrogen and oxygen atoms in total. The predicted molar refractivity (Wildman–Crippen MR) is 57.5 cm³/mol. The van der Waals surface area contributed by atoms with Crippen LogP contribution in [0.2, 0.25) is 0 Å². The predicted octanol–water partition coefficient (Wildman–Crippen LogP) is 2.04. The number of rotatable bonds is 4. The fourth-order valence-corrected chi connectivity index (χ4v) is 1.08. The zero-order valence-electron chi connectivity index (χ0n) is 10.2. The van der Waals surface area contributed by atoms with E-state index in [1.807, 2.05) is 0 Å². The summed E-state index contributed by atoms with van der Waals surface area (Å²) in [7, 11) is 0. The van der Waals surface area contributed by atoms with E-state index in [4.69, 9.17) is 10.5 Å². The summed E-state index contributed by atoms with van der Waals surface area (Å²) in [5.74, 6) is -1.60. The number of amides is 1. The summed E-state index contributed by atoms with van der Waals surface area (Å²) < 4.78 is 41.8. The number of carbonyl (C=O) groups is 1. The number of carbonyl (C=O) groups excluding carboxylic acids is 1. The quantitative estimate of drug-likeness (QED) is 0.809. The lowest BCUT2D eigenvalue weighted by Gasteiger charge is -2.21. The monoisotopic (exact) mass is 256 g/mol. The average molecular weight is 256 g/mol. The number of halogens is 3. The highest BCUT2D eigenvalue weighted by atomic mass is 19.4. The molecule has 0 aromatic heterocycles. The summed E-state index contributed by atoms with van der Waals surface area (Å²) in [6, 6.07) is 0. The second kappa shape index (κ2) is 6.09. The molecule has 0 unspecified atom stereocenters. The lowest BCUT2D eigenvalue weighted by Crippen LogP contribution is -2.37. The van der Waals surface area contributed by atoms with Crippen molar-refractivity contribution in [2.45, 2.75) is 39.0 Å². The number of nitrogens with two attached hydrogens (primary N) is 1. The molecule has 1 atom stereocenters. The molecule has 0 aromatic carbocycles. The Hall–Kier alpha value is -0.980. The van der Waals surface area contributed by atoms with Crippen LogP contribution in [0.1, 0.15) is 27.2 Å². The van der Waals surface area contributed by atoms with Gasteiger partial charge in [0.2, 0.25) is 0 Å². The first-order valence-electron chi connectivity index (χ1n) is 5.30. The van der Waals surface area contributed by atoms with Gasteiger partial charge in [-0.3, -0.25) is 0 Å². The highest BCUT2D eigenvalue weighted by Crippen LogP contribution is 2.27. The Kier molecular flexibility index (Phi) is 5.74. The van der Waals surface area contributed by atoms with E-state index in [1.165, 1.54) is 0 Å². The van der Waals surface area contributed by atoms with Gasteiger partial charge in [0.15, 0.2) is 0 Å². The lowest BCUT2D eigenvalue weighted by atomic mass is 10.1. The molecular weight excluding hydrogens is 237 g/mol. The van der Waals surface area contributed by atoms with Crippen LogP contribution in [0, 0.1) is 5.92 Å². The number of nitrogens with one attached hydrogen (secondary N) is 1. The fraction of sp³-hybridized carbons (Fsp3) is 0.900. The summed E-state index contributed by atoms with van der Waals surface area (Å²) in [5.41, 5.74) is 4.35. The number of hydrogen-bond donors (Lipinski definition) is 2. The van der Waals surface area contributed by atoms with Gasteiger partial charge in [-0.2, -0.15) is 13.2 Å². The van der Waals surface area contributed by atoms with Gasteiger partial charge in [0, 0.05) is 13.1 Å². The zero-order chi connectivity index (χ0) is 13.7. The minimum atomic E-state index is -4.33. The van der Waals surface area contributed by atoms with Gasteiger partial charge in [0.25, 0.3) is 0 Å². The second-order valence-electron chi connectivity index (χ2n) is 4.69. The van der Waals surface area contributed by atoms with Crippen molar-refractivity contribution < 1.29 is 22.7 Å². The van der Waals surface area contributed by atoms with Gasteiger partial charge in [0.1, 0.15) is 5.60 Å². The average Bonchev–Trinajstić information content (AvgIpc) is 2.07. The second-order valence-corrected chi connectivity index (χ2v) is 4.69. The van der Waals surface area contributed by atoms with Gasteiger partial charge in [-0.15, -0.1) is 0 Å². The number of alkyl carbamates (subject to hydrolysis) is 1. The Morgan fingerprint density at radius 3 is 2.24 bits per heavy atom. The normalized spacial score (nSPS) is 14.3. The number of ether oxygens (including phenoxy) is 1. The number of alkyl halides is 3. The van der Waals surface area contributed by atoms with E-state index in [0.717, 1.165) is 0 Å². The van der Waals surface area contributed by atoms with E-state index >= 15 is 0 Å². The smallest absolute Gasteiger partial charge is 0.407 e. The Balaban J connectivity index is 3.95. The van der Waals surface area contributed by atoms with Gasteiger partial charge in [0.05, 0.1) is 5.92 Å². The minimum absolute atomic E-state index is 0.115. The number of hydrogen-bond acceptors (Lipinski definition) is 3. The summed E-state index contributed by atoms with van der Waals surface area (Å²) in [6.07, 6.45) is -5.31. The highest BCUT2D eigenvalue weighted by Gasteiger charge is 2.37. The van der Waals surface area contributed by atoms with Crippen LogP contribution in [-0.2, 0) is 4.74 Å². The minimum Gasteiger partial charge on any atom is -0.444 e. The van der Waals surface area contributed by atoms with Gasteiger partial charge in [-0.25, -0.2) is 4.79 Å². The van der Waals surface area contributed by atoms with Crippen molar-refractivity contribution in [3.05, 3.63) is 0 Å². The third-order valence-electron chi connectivity index (χ3n) is 1.91. The SMILES string of the molecule is CC(C)(C)OC(=O)NCC[C@H](CN)C(F)(F)F. The molecule has 0 aliphatic rings. The molecular formula is C10H19F3N2O2. The van der Waals surface area contributed by atoms with Crippen LogP contribution in [0.5, 0.6) is 0 Å². The van der Waals surface area contributed by atoms with E-state index in [-0.39, 0.29) is 13.0 Å². The van der Waals surface area contributed by atoms with Gasteiger partial charge >= 0.3 is 12.3 Å². The van der Waals surface area contributed by atoms with Crippen LogP contribution in [0.15, 0.2) is 0 Å². The third-order valence-corrected chi connectivity index (χ3v) is 1.91. The van der Waals surface area contributed by atoms with Gasteiger partial charge < -0.3 is 15.8 Å². The van der Waals surface area contributed by atoms with E-state index < -0.39 is 30.3 Å². The van der Waals surface area contributed by atoms with Crippen LogP contribution >= 0.6 is 0 Å². The molecule has 17 heavy (non-hydrogen) atoms. The Labute approximate surface area is 98.7 Å². The molecule has 0 saturated heterocycles. The molecule has 0 spiro atoms. The largest absolute Gasteiger partial charge is 0.444 e. The van der Waals surface area contributed by atoms with E-state index in [9.17, 15) is 18.0 Å². The van der Waals surface area contributed by atoms with E-state index in [1.54, 1.807) is 20.8 Å². The standard InChI is InChI=1S/C10H19F3N2O2/c1-9(2,3)17-8(16)15-5-4-7(6-14)10(11,12)13/h7H,4-6,14H2,1-3H3,(H,15,16)/t7-/m1/s1. The van der Waals surface area contributed by atoms with Crippen molar-refractivity contribution >= 4 is 6.09 Å². The van der Waals surface area contributed by atoms with Gasteiger partial charge in [-0.05, 0) is 27.2 Å². The van der Waals surface area contributed by atoms with Crippen LogP contribution in [0.25, 0.3) is 0 Å². The van der Waals surface area contributed by atoms with Crippen molar-refractivity contribution in [2.75, 3.05) is 13.1 Å². The van der Waals surface area contributed by atoms with Crippen LogP contribution in [0.3, 0.4) is 0 Å². The van der Waals surface area contributed by atoms with Crippen LogP contribution in [-0.4, -0.2) is 31.0 Å². The molecule has 0 heterocycles. The molecule has 0 aliphatic carbocycles. The van der Waals surface area contributed by atoms with Crippen molar-refractivity contribution in [2.24, 2.45) is 11.7 Å². The molecule has 0 rings (SSSR count). The molecule has 0 fully saturated rings. The highest BCUT2D eigenvalue weighted by molar-refractivity contribution is 5.67. The molecule has 0 aromatic rings. The molecule has 102 valence electrons. The van der Waals surface area contributed by atoms with Crippen molar-refractivity contribution in [1.82, 2.24) is 5.32 Å². The zero-order valence-corrected chi connectivity index (χ0v) is 10.2. The first-order valence-corrected chi connectivity index (χ1v) is 5.30. The fourth-order valence-electron chi connectivity index (χ4n) is 1.08. The van der Waals surface area contributed by atoms with E-state index in [2.05, 4.69) is 5.32 Å². The Morgan fingerprint density at radius 2 is 1.88 bits per heavy atom. The maximum absolute atomic E-state index is 12.3. The summed E-state index contributed by atoms with van der Waals surface area (Å²) in [5, 5.41) is 2.26. The summed E-state index contributed by atoms with van der Waals surface area (Å²) >= 11 is 0. The topological polar surface area (TPSA) is 64.3 Å². The van der Waals surface area contributed by atoms with Crippen LogP contribution in [0.4, 0.5) is 18.0 Å². The van der Waals surface area contributed by atoms with Crippen molar-refractivity contribution in [1.29, 1.82) is 0 Å². The Morgan fingerprint density at radius 1 is 1.35 bits per heavy atom. The third kappa shape index (κ3) is 7.84. The van der Waals surface area contributed by atoms with Crippen molar-refractivity contribution in [3.8, 4) is 0 Å². The van der Waals surface area contributed by atoms with Crippen molar-refractivity contribution in [3.63, 3.8) is 0 Å². The molecule has 7 heteroatoms.